The summed E-state index contributed by atoms with van der Waals surface area (Å²) >= 11 is 6.35. The number of hydrogen-bond donors (Lipinski definition) is 2. The maximum absolute atomic E-state index is 14.1. The predicted molar refractivity (Wildman–Crippen MR) is 77.4 cm³/mol. The highest BCUT2D eigenvalue weighted by atomic mass is 79.9. The zero-order valence-corrected chi connectivity index (χ0v) is 12.8. The number of rotatable bonds is 3. The lowest BCUT2D eigenvalue weighted by Crippen LogP contribution is -2.30. The van der Waals surface area contributed by atoms with Crippen molar-refractivity contribution in [2.75, 3.05) is 0 Å². The van der Waals surface area contributed by atoms with Crippen molar-refractivity contribution in [2.24, 2.45) is 5.84 Å². The minimum atomic E-state index is -0.759. The van der Waals surface area contributed by atoms with Gasteiger partial charge in [-0.15, -0.1) is 0 Å². The quantitative estimate of drug-likeness (QED) is 0.470. The zero-order chi connectivity index (χ0) is 14.0. The molecule has 0 spiro atoms. The van der Waals surface area contributed by atoms with E-state index in [1.807, 2.05) is 0 Å². The highest BCUT2D eigenvalue weighted by Gasteiger charge is 2.22. The van der Waals surface area contributed by atoms with Crippen LogP contribution < -0.4 is 11.3 Å². The Bertz CT molecular complexity index is 588. The van der Waals surface area contributed by atoms with Gasteiger partial charge in [-0.25, -0.2) is 14.2 Å². The smallest absolute Gasteiger partial charge is 0.145 e. The molecule has 1 unspecified atom stereocenters. The van der Waals surface area contributed by atoms with Crippen LogP contribution in [0.2, 0.25) is 0 Å². The molecule has 0 heterocycles. The van der Waals surface area contributed by atoms with E-state index in [0.29, 0.717) is 5.56 Å². The molecular formula is C13H10Br2F2N2. The Labute approximate surface area is 126 Å². The van der Waals surface area contributed by atoms with E-state index < -0.39 is 17.7 Å². The fourth-order valence-electron chi connectivity index (χ4n) is 1.81. The van der Waals surface area contributed by atoms with Crippen molar-refractivity contribution in [1.29, 1.82) is 0 Å². The second-order valence-corrected chi connectivity index (χ2v) is 5.68. The van der Waals surface area contributed by atoms with E-state index in [-0.39, 0.29) is 10.0 Å². The molecule has 19 heavy (non-hydrogen) atoms. The zero-order valence-electron chi connectivity index (χ0n) is 9.63. The van der Waals surface area contributed by atoms with Crippen molar-refractivity contribution in [1.82, 2.24) is 5.43 Å². The van der Waals surface area contributed by atoms with Crippen molar-refractivity contribution >= 4 is 31.9 Å². The van der Waals surface area contributed by atoms with Crippen LogP contribution in [0.4, 0.5) is 8.78 Å². The summed E-state index contributed by atoms with van der Waals surface area (Å²) in [5.41, 5.74) is 3.00. The summed E-state index contributed by atoms with van der Waals surface area (Å²) in [6, 6.07) is 8.82. The lowest BCUT2D eigenvalue weighted by Gasteiger charge is -2.19. The molecule has 0 radical (unpaired) electrons. The molecule has 0 aliphatic heterocycles. The van der Waals surface area contributed by atoms with Gasteiger partial charge in [0.25, 0.3) is 0 Å². The number of hydrazine groups is 1. The van der Waals surface area contributed by atoms with Gasteiger partial charge in [0, 0.05) is 10.0 Å². The molecule has 2 aromatic rings. The molecule has 0 bridgehead atoms. The number of nitrogens with two attached hydrogens (primary N) is 1. The Balaban J connectivity index is 2.54. The van der Waals surface area contributed by atoms with Crippen LogP contribution in [0.1, 0.15) is 17.2 Å². The Morgan fingerprint density at radius 2 is 1.63 bits per heavy atom. The minimum Gasteiger partial charge on any atom is -0.271 e. The lowest BCUT2D eigenvalue weighted by molar-refractivity contribution is 0.507. The molecule has 0 aliphatic rings. The highest BCUT2D eigenvalue weighted by Crippen LogP contribution is 2.30. The molecular weight excluding hydrogens is 382 g/mol. The summed E-state index contributed by atoms with van der Waals surface area (Å²) in [4.78, 5) is 0. The number of hydrogen-bond acceptors (Lipinski definition) is 2. The fraction of sp³-hybridized carbons (Fsp3) is 0.0769. The van der Waals surface area contributed by atoms with E-state index in [1.54, 1.807) is 24.3 Å². The first-order valence-electron chi connectivity index (χ1n) is 5.39. The second kappa shape index (κ2) is 6.09. The summed E-state index contributed by atoms with van der Waals surface area (Å²) in [5.74, 6) is 4.14. The molecule has 2 nitrogen and oxygen atoms in total. The summed E-state index contributed by atoms with van der Waals surface area (Å²) in [6.07, 6.45) is 0. The maximum atomic E-state index is 14.1. The first-order chi connectivity index (χ1) is 9.04. The van der Waals surface area contributed by atoms with Crippen LogP contribution >= 0.6 is 31.9 Å². The van der Waals surface area contributed by atoms with Crippen molar-refractivity contribution in [3.8, 4) is 0 Å². The normalized spacial score (nSPS) is 12.5. The average Bonchev–Trinajstić information content (AvgIpc) is 2.40. The van der Waals surface area contributed by atoms with Gasteiger partial charge < -0.3 is 0 Å². The molecule has 3 N–H and O–H groups in total. The van der Waals surface area contributed by atoms with Crippen molar-refractivity contribution in [3.63, 3.8) is 0 Å². The van der Waals surface area contributed by atoms with Crippen LogP contribution in [-0.2, 0) is 0 Å². The Hall–Kier alpha value is -0.820. The molecule has 0 aromatic heterocycles. The number of halogens is 4. The molecule has 2 rings (SSSR count). The van der Waals surface area contributed by atoms with E-state index >= 15 is 0 Å². The topological polar surface area (TPSA) is 38.0 Å². The first kappa shape index (κ1) is 14.6. The van der Waals surface area contributed by atoms with Crippen LogP contribution in [0.15, 0.2) is 45.3 Å². The van der Waals surface area contributed by atoms with Crippen LogP contribution in [0, 0.1) is 11.6 Å². The molecule has 0 fully saturated rings. The van der Waals surface area contributed by atoms with Gasteiger partial charge in [0.15, 0.2) is 0 Å². The van der Waals surface area contributed by atoms with E-state index in [0.717, 1.165) is 4.47 Å². The third kappa shape index (κ3) is 3.02. The predicted octanol–water partition coefficient (Wildman–Crippen LogP) is 4.04. The number of nitrogens with one attached hydrogen (secondary N) is 1. The third-order valence-electron chi connectivity index (χ3n) is 2.74. The van der Waals surface area contributed by atoms with Gasteiger partial charge >= 0.3 is 0 Å². The molecule has 0 amide bonds. The maximum Gasteiger partial charge on any atom is 0.145 e. The van der Waals surface area contributed by atoms with Crippen LogP contribution in [0.5, 0.6) is 0 Å². The Kier molecular flexibility index (Phi) is 4.67. The van der Waals surface area contributed by atoms with Crippen molar-refractivity contribution in [3.05, 3.63) is 68.1 Å². The van der Waals surface area contributed by atoms with Crippen LogP contribution in [0.25, 0.3) is 0 Å². The highest BCUT2D eigenvalue weighted by molar-refractivity contribution is 9.10. The first-order valence-corrected chi connectivity index (χ1v) is 6.98. The number of benzene rings is 2. The Morgan fingerprint density at radius 3 is 2.21 bits per heavy atom. The molecule has 0 saturated heterocycles. The molecule has 6 heteroatoms. The standard InChI is InChI=1S/C13H10Br2F2N2/c14-8-3-1-7(2-4-8)13(19-18)11-10(16)6-5-9(15)12(11)17/h1-6,13,19H,18H2. The van der Waals surface area contributed by atoms with E-state index in [2.05, 4.69) is 37.3 Å². The molecule has 2 aromatic carbocycles. The second-order valence-electron chi connectivity index (χ2n) is 3.91. The van der Waals surface area contributed by atoms with Crippen LogP contribution in [0.3, 0.4) is 0 Å². The molecule has 0 aliphatic carbocycles. The Morgan fingerprint density at radius 1 is 1.00 bits per heavy atom. The van der Waals surface area contributed by atoms with Gasteiger partial charge in [0.05, 0.1) is 10.5 Å². The largest absolute Gasteiger partial charge is 0.271 e. The van der Waals surface area contributed by atoms with Gasteiger partial charge in [-0.1, -0.05) is 28.1 Å². The molecule has 100 valence electrons. The third-order valence-corrected chi connectivity index (χ3v) is 3.88. The monoisotopic (exact) mass is 390 g/mol. The van der Waals surface area contributed by atoms with Gasteiger partial charge in [0.2, 0.25) is 0 Å². The van der Waals surface area contributed by atoms with Gasteiger partial charge in [0.1, 0.15) is 11.6 Å². The summed E-state index contributed by atoms with van der Waals surface area (Å²) in [7, 11) is 0. The van der Waals surface area contributed by atoms with Gasteiger partial charge in [-0.05, 0) is 45.8 Å². The van der Waals surface area contributed by atoms with E-state index in [9.17, 15) is 8.78 Å². The summed E-state index contributed by atoms with van der Waals surface area (Å²) < 4.78 is 29.0. The lowest BCUT2D eigenvalue weighted by atomic mass is 9.98. The summed E-state index contributed by atoms with van der Waals surface area (Å²) in [6.45, 7) is 0. The molecule has 0 saturated carbocycles. The summed E-state index contributed by atoms with van der Waals surface area (Å²) in [5, 5.41) is 0. The molecule has 1 atom stereocenters. The van der Waals surface area contributed by atoms with Crippen molar-refractivity contribution < 1.29 is 8.78 Å². The minimum absolute atomic E-state index is 0.112. The fourth-order valence-corrected chi connectivity index (χ4v) is 2.42. The average molecular weight is 392 g/mol. The SMILES string of the molecule is NNC(c1ccc(Br)cc1)c1c(F)ccc(Br)c1F. The van der Waals surface area contributed by atoms with Crippen molar-refractivity contribution in [2.45, 2.75) is 6.04 Å². The van der Waals surface area contributed by atoms with Gasteiger partial charge in [-0.2, -0.15) is 0 Å². The van der Waals surface area contributed by atoms with Crippen LogP contribution in [-0.4, -0.2) is 0 Å². The van der Waals surface area contributed by atoms with E-state index in [1.165, 1.54) is 12.1 Å². The van der Waals surface area contributed by atoms with Gasteiger partial charge in [-0.3, -0.25) is 5.84 Å². The van der Waals surface area contributed by atoms with E-state index in [4.69, 9.17) is 5.84 Å².